The number of carboxylic acid groups (broad SMARTS) is 2. The zero-order valence-corrected chi connectivity index (χ0v) is 26.8. The van der Waals surface area contributed by atoms with Crippen LogP contribution in [0.4, 0.5) is 5.69 Å². The summed E-state index contributed by atoms with van der Waals surface area (Å²) in [6.07, 6.45) is 6.78. The van der Waals surface area contributed by atoms with Crippen LogP contribution in [0.3, 0.4) is 0 Å². The zero-order valence-electron chi connectivity index (χ0n) is 26.0. The van der Waals surface area contributed by atoms with Gasteiger partial charge in [-0.2, -0.15) is 8.42 Å². The molecule has 0 fully saturated rings. The summed E-state index contributed by atoms with van der Waals surface area (Å²) >= 11 is 0. The average molecular weight is 650 g/mol. The van der Waals surface area contributed by atoms with Gasteiger partial charge in [0.2, 0.25) is 0 Å². The number of aryl methyl sites for hydroxylation is 1. The SMILES string of the molecule is CCOC(Cc1ccc(NCCCC2CCc3cc(OS(C)(=O)=O)ccc3C2)cc1)C(=O)O.NC(N)=NCCCC(N)C(=O)O. The Morgan fingerprint density at radius 3 is 2.38 bits per heavy atom. The average Bonchev–Trinajstić information content (AvgIpc) is 2.97. The second-order valence-electron chi connectivity index (χ2n) is 11.0. The lowest BCUT2D eigenvalue weighted by Crippen LogP contribution is -2.30. The van der Waals surface area contributed by atoms with Crippen LogP contribution in [0.2, 0.25) is 0 Å². The molecule has 3 unspecified atom stereocenters. The van der Waals surface area contributed by atoms with Crippen molar-refractivity contribution < 1.29 is 37.1 Å². The summed E-state index contributed by atoms with van der Waals surface area (Å²) in [5.41, 5.74) is 19.7. The van der Waals surface area contributed by atoms with Gasteiger partial charge in [0.05, 0.1) is 6.26 Å². The quantitative estimate of drug-likeness (QED) is 0.0628. The van der Waals surface area contributed by atoms with Crippen LogP contribution in [-0.2, 0) is 43.7 Å². The molecule has 3 atom stereocenters. The number of carbonyl (C=O) groups is 2. The second kappa shape index (κ2) is 18.8. The number of carboxylic acids is 2. The first-order valence-electron chi connectivity index (χ1n) is 15.0. The topological polar surface area (TPSA) is 230 Å². The molecule has 2 aromatic carbocycles. The molecule has 45 heavy (non-hydrogen) atoms. The van der Waals surface area contributed by atoms with E-state index in [1.54, 1.807) is 13.0 Å². The summed E-state index contributed by atoms with van der Waals surface area (Å²) in [4.78, 5) is 25.1. The molecule has 0 saturated heterocycles. The highest BCUT2D eigenvalue weighted by atomic mass is 32.2. The number of anilines is 1. The highest BCUT2D eigenvalue weighted by molar-refractivity contribution is 7.86. The maximum absolute atomic E-state index is 11.3. The molecule has 0 spiro atoms. The van der Waals surface area contributed by atoms with Gasteiger partial charge in [-0.25, -0.2) is 4.79 Å². The standard InChI is InChI=1S/C25H33NO6S.C6H14N4O2/c1-3-31-24(25(27)28)16-19-7-11-22(12-8-19)26-14-4-5-18-6-9-21-17-23(32-33(2,29)30)13-10-20(21)15-18;7-4(5(11)12)2-1-3-10-6(8)9/h7-8,10-13,17-18,24,26H,3-6,9,14-16H2,1-2H3,(H,27,28);4H,1-3,7H2,(H,11,12)(H4,8,9,10). The van der Waals surface area contributed by atoms with E-state index in [0.29, 0.717) is 44.1 Å². The van der Waals surface area contributed by atoms with Gasteiger partial charge in [-0.1, -0.05) is 18.2 Å². The van der Waals surface area contributed by atoms with E-state index < -0.39 is 34.2 Å². The number of ether oxygens (including phenoxy) is 1. The minimum Gasteiger partial charge on any atom is -0.480 e. The van der Waals surface area contributed by atoms with Gasteiger partial charge in [-0.3, -0.25) is 9.79 Å². The third kappa shape index (κ3) is 15.1. The lowest BCUT2D eigenvalue weighted by atomic mass is 9.81. The first-order valence-corrected chi connectivity index (χ1v) is 16.8. The van der Waals surface area contributed by atoms with Gasteiger partial charge < -0.3 is 41.7 Å². The van der Waals surface area contributed by atoms with E-state index in [9.17, 15) is 23.1 Å². The normalized spacial score (nSPS) is 15.4. The van der Waals surface area contributed by atoms with Crippen molar-refractivity contribution in [3.05, 3.63) is 59.2 Å². The first-order chi connectivity index (χ1) is 21.3. The van der Waals surface area contributed by atoms with Crippen LogP contribution in [0.25, 0.3) is 0 Å². The molecule has 2 aromatic rings. The fraction of sp³-hybridized carbons (Fsp3) is 0.516. The molecule has 14 heteroatoms. The summed E-state index contributed by atoms with van der Waals surface area (Å²) in [6.45, 7) is 3.47. The van der Waals surface area contributed by atoms with Crippen molar-refractivity contribution in [2.24, 2.45) is 28.1 Å². The van der Waals surface area contributed by atoms with Crippen molar-refractivity contribution in [3.8, 4) is 5.75 Å². The molecule has 0 bridgehead atoms. The predicted molar refractivity (Wildman–Crippen MR) is 174 cm³/mol. The number of hydrogen-bond acceptors (Lipinski definition) is 9. The van der Waals surface area contributed by atoms with E-state index in [1.807, 2.05) is 36.4 Å². The highest BCUT2D eigenvalue weighted by Gasteiger charge is 2.20. The number of benzene rings is 2. The maximum Gasteiger partial charge on any atom is 0.333 e. The zero-order chi connectivity index (χ0) is 33.4. The summed E-state index contributed by atoms with van der Waals surface area (Å²) in [7, 11) is -3.50. The Morgan fingerprint density at radius 2 is 1.78 bits per heavy atom. The van der Waals surface area contributed by atoms with Crippen LogP contribution in [-0.4, -0.2) is 74.6 Å². The fourth-order valence-electron chi connectivity index (χ4n) is 4.94. The Kier molecular flexibility index (Phi) is 15.6. The van der Waals surface area contributed by atoms with Crippen molar-refractivity contribution >= 4 is 33.7 Å². The van der Waals surface area contributed by atoms with Gasteiger partial charge in [-0.05, 0) is 98.7 Å². The Morgan fingerprint density at radius 1 is 1.07 bits per heavy atom. The summed E-state index contributed by atoms with van der Waals surface area (Å²) in [5, 5.41) is 21.0. The number of nitrogens with zero attached hydrogens (tertiary/aromatic N) is 1. The Labute approximate surface area is 265 Å². The van der Waals surface area contributed by atoms with Crippen molar-refractivity contribution in [1.29, 1.82) is 0 Å². The molecule has 0 aliphatic heterocycles. The number of fused-ring (bicyclic) bond motifs is 1. The molecule has 0 aromatic heterocycles. The van der Waals surface area contributed by atoms with Crippen LogP contribution in [0.1, 0.15) is 55.7 Å². The number of rotatable bonds is 17. The molecule has 0 heterocycles. The Hall–Kier alpha value is -3.88. The lowest BCUT2D eigenvalue weighted by molar-refractivity contribution is -0.150. The van der Waals surface area contributed by atoms with Crippen LogP contribution in [0, 0.1) is 5.92 Å². The molecule has 9 N–H and O–H groups in total. The minimum absolute atomic E-state index is 0.0129. The number of aliphatic imine (C=N–C) groups is 1. The molecule has 13 nitrogen and oxygen atoms in total. The predicted octanol–water partition coefficient (Wildman–Crippen LogP) is 2.51. The number of nitrogens with two attached hydrogens (primary N) is 3. The van der Waals surface area contributed by atoms with E-state index in [1.165, 1.54) is 11.1 Å². The van der Waals surface area contributed by atoms with E-state index in [2.05, 4.69) is 10.3 Å². The van der Waals surface area contributed by atoms with Crippen molar-refractivity contribution in [2.75, 3.05) is 31.3 Å². The van der Waals surface area contributed by atoms with Crippen LogP contribution < -0.4 is 26.7 Å². The van der Waals surface area contributed by atoms with E-state index in [-0.39, 0.29) is 5.96 Å². The Balaban J connectivity index is 0.000000498. The van der Waals surface area contributed by atoms with Gasteiger partial charge in [0.1, 0.15) is 11.8 Å². The molecule has 0 saturated carbocycles. The lowest BCUT2D eigenvalue weighted by Gasteiger charge is -2.25. The molecule has 0 amide bonds. The van der Waals surface area contributed by atoms with Crippen molar-refractivity contribution in [1.82, 2.24) is 0 Å². The molecule has 3 rings (SSSR count). The van der Waals surface area contributed by atoms with Gasteiger partial charge in [0.25, 0.3) is 0 Å². The second-order valence-corrected chi connectivity index (χ2v) is 12.5. The Bertz CT molecular complexity index is 1360. The smallest absolute Gasteiger partial charge is 0.333 e. The van der Waals surface area contributed by atoms with Gasteiger partial charge >= 0.3 is 22.1 Å². The third-order valence-electron chi connectivity index (χ3n) is 7.18. The third-order valence-corrected chi connectivity index (χ3v) is 7.67. The summed E-state index contributed by atoms with van der Waals surface area (Å²) < 4.78 is 32.9. The minimum atomic E-state index is -3.50. The van der Waals surface area contributed by atoms with Crippen molar-refractivity contribution in [3.63, 3.8) is 0 Å². The van der Waals surface area contributed by atoms with Crippen LogP contribution in [0.15, 0.2) is 47.5 Å². The van der Waals surface area contributed by atoms with Gasteiger partial charge in [0.15, 0.2) is 12.1 Å². The van der Waals surface area contributed by atoms with Crippen LogP contribution >= 0.6 is 0 Å². The maximum atomic E-state index is 11.3. The summed E-state index contributed by atoms with van der Waals surface area (Å²) in [5.74, 6) is -0.915. The number of hydrogen-bond donors (Lipinski definition) is 6. The molecular weight excluding hydrogens is 602 g/mol. The number of guanidine groups is 1. The molecule has 1 aliphatic carbocycles. The molecule has 250 valence electrons. The van der Waals surface area contributed by atoms with E-state index in [0.717, 1.165) is 56.2 Å². The molecular formula is C31H47N5O8S. The first kappa shape index (κ1) is 37.3. The molecule has 1 aliphatic rings. The van der Waals surface area contributed by atoms with Gasteiger partial charge in [-0.15, -0.1) is 0 Å². The van der Waals surface area contributed by atoms with Crippen LogP contribution in [0.5, 0.6) is 5.75 Å². The molecule has 0 radical (unpaired) electrons. The number of aliphatic carboxylic acids is 2. The van der Waals surface area contributed by atoms with E-state index >= 15 is 0 Å². The largest absolute Gasteiger partial charge is 0.480 e. The van der Waals surface area contributed by atoms with Gasteiger partial charge in [0, 0.05) is 31.8 Å². The monoisotopic (exact) mass is 649 g/mol. The number of nitrogens with one attached hydrogen (secondary N) is 1. The fourth-order valence-corrected chi connectivity index (χ4v) is 5.39. The van der Waals surface area contributed by atoms with E-state index in [4.69, 9.17) is 31.2 Å². The highest BCUT2D eigenvalue weighted by Crippen LogP contribution is 2.31. The van der Waals surface area contributed by atoms with Crippen molar-refractivity contribution in [2.45, 2.75) is 70.4 Å². The summed E-state index contributed by atoms with van der Waals surface area (Å²) in [6, 6.07) is 12.6.